The van der Waals surface area contributed by atoms with E-state index in [4.69, 9.17) is 5.73 Å². The lowest BCUT2D eigenvalue weighted by molar-refractivity contribution is 0.210. The molecule has 0 spiro atoms. The summed E-state index contributed by atoms with van der Waals surface area (Å²) in [5, 5.41) is 0. The van der Waals surface area contributed by atoms with Crippen molar-refractivity contribution >= 4 is 10.0 Å². The zero-order valence-corrected chi connectivity index (χ0v) is 12.0. The molecule has 2 rings (SSSR count). The second-order valence-corrected chi connectivity index (χ2v) is 7.04. The maximum atomic E-state index is 13.7. The van der Waals surface area contributed by atoms with Gasteiger partial charge in [0.05, 0.1) is 0 Å². The summed E-state index contributed by atoms with van der Waals surface area (Å²) < 4.78 is 53.2. The molecule has 1 aliphatic rings. The van der Waals surface area contributed by atoms with Crippen molar-refractivity contribution in [3.05, 3.63) is 29.8 Å². The molecule has 2 unspecified atom stereocenters. The Morgan fingerprint density at radius 1 is 1.35 bits per heavy atom. The molecule has 4 nitrogen and oxygen atoms in total. The Bertz CT molecular complexity index is 592. The van der Waals surface area contributed by atoms with E-state index < -0.39 is 26.6 Å². The molecule has 0 saturated carbocycles. The van der Waals surface area contributed by atoms with E-state index in [1.165, 1.54) is 4.31 Å². The lowest BCUT2D eigenvalue weighted by Gasteiger charge is -2.36. The van der Waals surface area contributed by atoms with Crippen LogP contribution in [0.15, 0.2) is 23.1 Å². The third-order valence-corrected chi connectivity index (χ3v) is 5.73. The first kappa shape index (κ1) is 15.3. The predicted molar refractivity (Wildman–Crippen MR) is 71.5 cm³/mol. The summed E-state index contributed by atoms with van der Waals surface area (Å²) in [6, 6.07) is 2.21. The second kappa shape index (κ2) is 5.75. The minimum atomic E-state index is -4.04. The molecule has 2 atom stereocenters. The van der Waals surface area contributed by atoms with Crippen LogP contribution in [0.5, 0.6) is 0 Å². The van der Waals surface area contributed by atoms with Crippen LogP contribution in [0.25, 0.3) is 0 Å². The topological polar surface area (TPSA) is 63.4 Å². The minimum absolute atomic E-state index is 0.0533. The first-order valence-electron chi connectivity index (χ1n) is 6.53. The van der Waals surface area contributed by atoms with Gasteiger partial charge in [0.2, 0.25) is 10.0 Å². The number of hydrogen-bond donors (Lipinski definition) is 1. The molecule has 20 heavy (non-hydrogen) atoms. The van der Waals surface area contributed by atoms with Crippen molar-refractivity contribution in [2.45, 2.75) is 30.7 Å². The highest BCUT2D eigenvalue weighted by Gasteiger charge is 2.36. The number of hydrogen-bond acceptors (Lipinski definition) is 3. The van der Waals surface area contributed by atoms with Crippen molar-refractivity contribution in [2.24, 2.45) is 11.7 Å². The summed E-state index contributed by atoms with van der Waals surface area (Å²) in [4.78, 5) is -0.609. The highest BCUT2D eigenvalue weighted by molar-refractivity contribution is 7.89. The summed E-state index contributed by atoms with van der Waals surface area (Å²) in [6.07, 6.45) is 1.51. The number of nitrogens with two attached hydrogens (primary N) is 1. The number of piperidine rings is 1. The summed E-state index contributed by atoms with van der Waals surface area (Å²) in [6.45, 7) is 2.39. The van der Waals surface area contributed by atoms with Crippen LogP contribution < -0.4 is 5.73 Å². The van der Waals surface area contributed by atoms with E-state index in [9.17, 15) is 17.2 Å². The number of benzene rings is 1. The van der Waals surface area contributed by atoms with Gasteiger partial charge >= 0.3 is 0 Å². The fourth-order valence-electron chi connectivity index (χ4n) is 2.48. The van der Waals surface area contributed by atoms with Gasteiger partial charge in [0.15, 0.2) is 0 Å². The fourth-order valence-corrected chi connectivity index (χ4v) is 4.29. The molecule has 0 aliphatic carbocycles. The van der Waals surface area contributed by atoms with E-state index in [-0.39, 0.29) is 18.5 Å². The highest BCUT2D eigenvalue weighted by atomic mass is 32.2. The van der Waals surface area contributed by atoms with Gasteiger partial charge in [-0.3, -0.25) is 0 Å². The average molecular weight is 304 g/mol. The lowest BCUT2D eigenvalue weighted by Crippen LogP contribution is -2.47. The maximum absolute atomic E-state index is 13.7. The molecule has 1 fully saturated rings. The molecular formula is C13H18F2N2O2S. The first-order valence-corrected chi connectivity index (χ1v) is 7.97. The summed E-state index contributed by atoms with van der Waals surface area (Å²) >= 11 is 0. The Morgan fingerprint density at radius 3 is 2.70 bits per heavy atom. The molecule has 0 bridgehead atoms. The lowest BCUT2D eigenvalue weighted by atomic mass is 9.96. The Balaban J connectivity index is 2.40. The first-order chi connectivity index (χ1) is 9.36. The van der Waals surface area contributed by atoms with E-state index in [0.717, 1.165) is 24.6 Å². The van der Waals surface area contributed by atoms with Crippen molar-refractivity contribution in [1.29, 1.82) is 0 Å². The minimum Gasteiger partial charge on any atom is -0.330 e. The van der Waals surface area contributed by atoms with E-state index in [1.807, 2.05) is 0 Å². The molecule has 0 radical (unpaired) electrons. The van der Waals surface area contributed by atoms with Gasteiger partial charge in [0.25, 0.3) is 0 Å². The second-order valence-electron chi connectivity index (χ2n) is 5.18. The Morgan fingerprint density at radius 2 is 2.05 bits per heavy atom. The summed E-state index contributed by atoms with van der Waals surface area (Å²) in [7, 11) is -4.04. The molecule has 0 amide bonds. The maximum Gasteiger partial charge on any atom is 0.246 e. The predicted octanol–water partition coefficient (Wildman–Crippen LogP) is 1.71. The van der Waals surface area contributed by atoms with Crippen LogP contribution in [-0.2, 0) is 10.0 Å². The third-order valence-electron chi connectivity index (χ3n) is 3.74. The van der Waals surface area contributed by atoms with Crippen molar-refractivity contribution in [2.75, 3.05) is 13.1 Å². The number of nitrogens with zero attached hydrogens (tertiary/aromatic N) is 1. The van der Waals surface area contributed by atoms with Crippen LogP contribution in [0.2, 0.25) is 0 Å². The van der Waals surface area contributed by atoms with Crippen LogP contribution in [0, 0.1) is 17.6 Å². The van der Waals surface area contributed by atoms with Gasteiger partial charge in [0, 0.05) is 12.6 Å². The standard InChI is InChI=1S/C13H18F2N2O2S/c1-9-2-3-10(7-16)8-17(9)20(18,19)13-6-11(14)4-5-12(13)15/h4-6,9-10H,2-3,7-8,16H2,1H3. The van der Waals surface area contributed by atoms with E-state index >= 15 is 0 Å². The van der Waals surface area contributed by atoms with E-state index in [1.54, 1.807) is 6.92 Å². The van der Waals surface area contributed by atoms with Gasteiger partial charge in [-0.1, -0.05) is 0 Å². The molecule has 1 aromatic rings. The number of sulfonamides is 1. The van der Waals surface area contributed by atoms with Gasteiger partial charge in [-0.2, -0.15) is 4.31 Å². The van der Waals surface area contributed by atoms with Crippen molar-refractivity contribution < 1.29 is 17.2 Å². The molecule has 1 aliphatic heterocycles. The molecule has 112 valence electrons. The monoisotopic (exact) mass is 304 g/mol. The molecule has 7 heteroatoms. The third kappa shape index (κ3) is 2.84. The zero-order valence-electron chi connectivity index (χ0n) is 11.2. The Kier molecular flexibility index (Phi) is 4.41. The number of rotatable bonds is 3. The van der Waals surface area contributed by atoms with Gasteiger partial charge in [-0.25, -0.2) is 17.2 Å². The smallest absolute Gasteiger partial charge is 0.246 e. The van der Waals surface area contributed by atoms with E-state index in [0.29, 0.717) is 13.0 Å². The normalized spacial score (nSPS) is 24.8. The van der Waals surface area contributed by atoms with Crippen LogP contribution in [0.3, 0.4) is 0 Å². The average Bonchev–Trinajstić information content (AvgIpc) is 2.41. The van der Waals surface area contributed by atoms with Gasteiger partial charge < -0.3 is 5.73 Å². The fraction of sp³-hybridized carbons (Fsp3) is 0.538. The van der Waals surface area contributed by atoms with Crippen LogP contribution in [0.1, 0.15) is 19.8 Å². The SMILES string of the molecule is CC1CCC(CN)CN1S(=O)(=O)c1cc(F)ccc1F. The molecule has 1 saturated heterocycles. The molecule has 2 N–H and O–H groups in total. The van der Waals surface area contributed by atoms with Gasteiger partial charge in [-0.05, 0) is 50.4 Å². The zero-order chi connectivity index (χ0) is 14.9. The van der Waals surface area contributed by atoms with Crippen molar-refractivity contribution in [1.82, 2.24) is 4.31 Å². The summed E-state index contributed by atoms with van der Waals surface area (Å²) in [5.41, 5.74) is 5.59. The number of halogens is 2. The Labute approximate surface area is 117 Å². The van der Waals surface area contributed by atoms with Crippen molar-refractivity contribution in [3.63, 3.8) is 0 Å². The van der Waals surface area contributed by atoms with Crippen LogP contribution >= 0.6 is 0 Å². The Hall–Kier alpha value is -1.05. The van der Waals surface area contributed by atoms with Gasteiger partial charge in [-0.15, -0.1) is 0 Å². The van der Waals surface area contributed by atoms with Crippen LogP contribution in [-0.4, -0.2) is 31.9 Å². The van der Waals surface area contributed by atoms with Crippen LogP contribution in [0.4, 0.5) is 8.78 Å². The van der Waals surface area contributed by atoms with E-state index in [2.05, 4.69) is 0 Å². The summed E-state index contributed by atoms with van der Waals surface area (Å²) in [5.74, 6) is -1.66. The van der Waals surface area contributed by atoms with Gasteiger partial charge in [0.1, 0.15) is 16.5 Å². The largest absolute Gasteiger partial charge is 0.330 e. The molecule has 0 aromatic heterocycles. The van der Waals surface area contributed by atoms with Crippen molar-refractivity contribution in [3.8, 4) is 0 Å². The molecule has 1 aromatic carbocycles. The highest BCUT2D eigenvalue weighted by Crippen LogP contribution is 2.29. The molecule has 1 heterocycles. The molecular weight excluding hydrogens is 286 g/mol. The quantitative estimate of drug-likeness (QED) is 0.924.